The maximum atomic E-state index is 13.3. The van der Waals surface area contributed by atoms with E-state index < -0.39 is 29.8 Å². The number of carbonyl (C=O) groups excluding carboxylic acids is 3. The molecule has 1 heterocycles. The number of carbonyl (C=O) groups is 3. The van der Waals surface area contributed by atoms with E-state index in [0.29, 0.717) is 48.1 Å². The number of hydrogen-bond acceptors (Lipinski definition) is 10. The van der Waals surface area contributed by atoms with Gasteiger partial charge in [-0.1, -0.05) is 12.1 Å². The van der Waals surface area contributed by atoms with E-state index in [2.05, 4.69) is 10.6 Å². The standard InChI is InChI=1S/C31H34N2O9/c1-38-21-11-12-24(34)22(16-21)28(35)18-7-9-19(10-8-18)31(37)42-25-6-5-13-32-17-23(25)33-30(36)20-14-26(39-2)29(41-4)27(15-20)40-3/h7-12,14-16,23,25,32,34H,5-6,13,17H2,1-4H3,(H,33,36)/t23-,25-/m1/s1. The number of rotatable bonds is 10. The quantitative estimate of drug-likeness (QED) is 0.242. The molecule has 0 aliphatic carbocycles. The molecule has 0 aromatic heterocycles. The molecule has 0 bridgehead atoms. The molecule has 0 unspecified atom stereocenters. The third-order valence-electron chi connectivity index (χ3n) is 6.99. The minimum Gasteiger partial charge on any atom is -0.507 e. The van der Waals surface area contributed by atoms with Gasteiger partial charge >= 0.3 is 5.97 Å². The number of phenols is 1. The Balaban J connectivity index is 1.48. The number of methoxy groups -OCH3 is 4. The van der Waals surface area contributed by atoms with Crippen LogP contribution in [0.1, 0.15) is 49.5 Å². The summed E-state index contributed by atoms with van der Waals surface area (Å²) in [5.74, 6) is -0.0971. The highest BCUT2D eigenvalue weighted by molar-refractivity contribution is 6.11. The Hall–Kier alpha value is -4.77. The lowest BCUT2D eigenvalue weighted by Crippen LogP contribution is -2.49. The van der Waals surface area contributed by atoms with Gasteiger partial charge in [0, 0.05) is 17.7 Å². The van der Waals surface area contributed by atoms with Crippen molar-refractivity contribution in [1.29, 1.82) is 0 Å². The Kier molecular flexibility index (Phi) is 9.87. The fourth-order valence-electron chi connectivity index (χ4n) is 4.71. The van der Waals surface area contributed by atoms with Gasteiger partial charge in [0.25, 0.3) is 5.91 Å². The molecule has 1 saturated heterocycles. The van der Waals surface area contributed by atoms with Crippen LogP contribution in [0.4, 0.5) is 0 Å². The molecule has 42 heavy (non-hydrogen) atoms. The third kappa shape index (κ3) is 6.74. The zero-order chi connectivity index (χ0) is 30.2. The minimum atomic E-state index is -0.603. The largest absolute Gasteiger partial charge is 0.507 e. The van der Waals surface area contributed by atoms with E-state index in [4.69, 9.17) is 23.7 Å². The highest BCUT2D eigenvalue weighted by atomic mass is 16.5. The Labute approximate surface area is 243 Å². The molecule has 1 aliphatic rings. The molecule has 1 aliphatic heterocycles. The van der Waals surface area contributed by atoms with Crippen LogP contribution in [0.5, 0.6) is 28.7 Å². The van der Waals surface area contributed by atoms with Crippen molar-refractivity contribution < 1.29 is 43.2 Å². The second-order valence-corrected chi connectivity index (χ2v) is 9.57. The van der Waals surface area contributed by atoms with Gasteiger partial charge in [0.1, 0.15) is 17.6 Å². The van der Waals surface area contributed by atoms with Crippen molar-refractivity contribution in [2.24, 2.45) is 0 Å². The molecular formula is C31H34N2O9. The van der Waals surface area contributed by atoms with Crippen LogP contribution in [0.15, 0.2) is 54.6 Å². The molecule has 3 aromatic rings. The lowest BCUT2D eigenvalue weighted by Gasteiger charge is -2.26. The number of esters is 1. The van der Waals surface area contributed by atoms with Gasteiger partial charge < -0.3 is 39.4 Å². The van der Waals surface area contributed by atoms with Gasteiger partial charge in [-0.25, -0.2) is 4.79 Å². The van der Waals surface area contributed by atoms with Crippen LogP contribution in [0, 0.1) is 0 Å². The van der Waals surface area contributed by atoms with E-state index in [1.54, 1.807) is 18.2 Å². The first kappa shape index (κ1) is 30.2. The number of ketones is 1. The van der Waals surface area contributed by atoms with Crippen molar-refractivity contribution in [3.8, 4) is 28.7 Å². The zero-order valence-corrected chi connectivity index (χ0v) is 23.9. The van der Waals surface area contributed by atoms with Gasteiger partial charge in [-0.2, -0.15) is 0 Å². The molecule has 11 nitrogen and oxygen atoms in total. The lowest BCUT2D eigenvalue weighted by molar-refractivity contribution is 0.0192. The molecular weight excluding hydrogens is 544 g/mol. The van der Waals surface area contributed by atoms with Crippen molar-refractivity contribution in [2.45, 2.75) is 25.0 Å². The van der Waals surface area contributed by atoms with E-state index >= 15 is 0 Å². The highest BCUT2D eigenvalue weighted by Gasteiger charge is 2.30. The van der Waals surface area contributed by atoms with Gasteiger partial charge in [-0.15, -0.1) is 0 Å². The van der Waals surface area contributed by atoms with Crippen LogP contribution in [0.3, 0.4) is 0 Å². The molecule has 4 rings (SSSR count). The van der Waals surface area contributed by atoms with Crippen LogP contribution in [-0.4, -0.2) is 76.4 Å². The van der Waals surface area contributed by atoms with E-state index in [1.165, 1.54) is 64.8 Å². The first-order chi connectivity index (χ1) is 20.3. The van der Waals surface area contributed by atoms with Gasteiger partial charge in [0.2, 0.25) is 5.75 Å². The van der Waals surface area contributed by atoms with E-state index in [1.807, 2.05) is 0 Å². The number of nitrogens with one attached hydrogen (secondary N) is 2. The lowest BCUT2D eigenvalue weighted by atomic mass is 10.0. The summed E-state index contributed by atoms with van der Waals surface area (Å²) in [7, 11) is 5.88. The first-order valence-electron chi connectivity index (χ1n) is 13.3. The molecule has 0 radical (unpaired) electrons. The number of ether oxygens (including phenoxy) is 5. The van der Waals surface area contributed by atoms with Crippen LogP contribution in [-0.2, 0) is 4.74 Å². The zero-order valence-electron chi connectivity index (χ0n) is 23.9. The Bertz CT molecular complexity index is 1410. The number of aromatic hydroxyl groups is 1. The summed E-state index contributed by atoms with van der Waals surface area (Å²) in [5.41, 5.74) is 0.903. The molecule has 1 fully saturated rings. The number of amides is 1. The van der Waals surface area contributed by atoms with Crippen molar-refractivity contribution in [1.82, 2.24) is 10.6 Å². The number of phenolic OH excluding ortho intramolecular Hbond substituents is 1. The van der Waals surface area contributed by atoms with Crippen molar-refractivity contribution in [3.05, 3.63) is 76.9 Å². The number of hydrogen-bond donors (Lipinski definition) is 3. The fraction of sp³-hybridized carbons (Fsp3) is 0.323. The van der Waals surface area contributed by atoms with E-state index in [0.717, 1.165) is 6.42 Å². The van der Waals surface area contributed by atoms with Crippen molar-refractivity contribution in [2.75, 3.05) is 41.5 Å². The van der Waals surface area contributed by atoms with Crippen molar-refractivity contribution in [3.63, 3.8) is 0 Å². The Morgan fingerprint density at radius 1 is 0.833 bits per heavy atom. The summed E-state index contributed by atoms with van der Waals surface area (Å²) in [5, 5.41) is 16.4. The van der Waals surface area contributed by atoms with Gasteiger partial charge in [-0.3, -0.25) is 9.59 Å². The Morgan fingerprint density at radius 2 is 1.50 bits per heavy atom. The van der Waals surface area contributed by atoms with E-state index in [-0.39, 0.29) is 22.4 Å². The molecule has 3 N–H and O–H groups in total. The molecule has 222 valence electrons. The van der Waals surface area contributed by atoms with Gasteiger partial charge in [-0.05, 0) is 61.9 Å². The predicted octanol–water partition coefficient (Wildman–Crippen LogP) is 3.37. The summed E-state index contributed by atoms with van der Waals surface area (Å²) >= 11 is 0. The first-order valence-corrected chi connectivity index (χ1v) is 13.3. The second-order valence-electron chi connectivity index (χ2n) is 9.57. The summed E-state index contributed by atoms with van der Waals surface area (Å²) in [6, 6.07) is 13.0. The van der Waals surface area contributed by atoms with Crippen LogP contribution < -0.4 is 29.6 Å². The Morgan fingerprint density at radius 3 is 2.12 bits per heavy atom. The summed E-state index contributed by atoms with van der Waals surface area (Å²) in [6.45, 7) is 1.10. The van der Waals surface area contributed by atoms with Gasteiger partial charge in [0.05, 0.1) is 45.6 Å². The average molecular weight is 579 g/mol. The summed E-state index contributed by atoms with van der Waals surface area (Å²) in [6.07, 6.45) is 0.671. The van der Waals surface area contributed by atoms with E-state index in [9.17, 15) is 19.5 Å². The average Bonchev–Trinajstić information content (AvgIpc) is 3.24. The molecule has 2 atom stereocenters. The minimum absolute atomic E-state index is 0.0846. The normalized spacial score (nSPS) is 16.5. The number of benzene rings is 3. The van der Waals surface area contributed by atoms with Crippen LogP contribution >= 0.6 is 0 Å². The SMILES string of the molecule is COc1ccc(O)c(C(=O)c2ccc(C(=O)O[C@@H]3CCCNC[C@H]3NC(=O)c3cc(OC)c(OC)c(OC)c3)cc2)c1. The molecule has 3 aromatic carbocycles. The smallest absolute Gasteiger partial charge is 0.338 e. The maximum Gasteiger partial charge on any atom is 0.338 e. The highest BCUT2D eigenvalue weighted by Crippen LogP contribution is 2.38. The van der Waals surface area contributed by atoms with Crippen LogP contribution in [0.2, 0.25) is 0 Å². The molecule has 1 amide bonds. The summed E-state index contributed by atoms with van der Waals surface area (Å²) in [4.78, 5) is 39.3. The third-order valence-corrected chi connectivity index (χ3v) is 6.99. The monoisotopic (exact) mass is 578 g/mol. The predicted molar refractivity (Wildman–Crippen MR) is 153 cm³/mol. The fourth-order valence-corrected chi connectivity index (χ4v) is 4.71. The molecule has 0 saturated carbocycles. The molecule has 0 spiro atoms. The van der Waals surface area contributed by atoms with Crippen LogP contribution in [0.25, 0.3) is 0 Å². The summed E-state index contributed by atoms with van der Waals surface area (Å²) < 4.78 is 27.1. The second kappa shape index (κ2) is 13.7. The van der Waals surface area contributed by atoms with Crippen molar-refractivity contribution >= 4 is 17.7 Å². The van der Waals surface area contributed by atoms with Gasteiger partial charge in [0.15, 0.2) is 17.3 Å². The maximum absolute atomic E-state index is 13.3. The topological polar surface area (TPSA) is 142 Å². The molecule has 11 heteroatoms.